The Bertz CT molecular complexity index is 1260. The van der Waals surface area contributed by atoms with Crippen molar-refractivity contribution in [1.82, 2.24) is 25.1 Å². The Hall–Kier alpha value is -3.56. The fourth-order valence-corrected chi connectivity index (χ4v) is 3.36. The first-order valence-electron chi connectivity index (χ1n) is 9.88. The summed E-state index contributed by atoms with van der Waals surface area (Å²) in [4.78, 5) is 12.0. The van der Waals surface area contributed by atoms with Gasteiger partial charge in [0.2, 0.25) is 5.88 Å². The number of benzene rings is 2. The van der Waals surface area contributed by atoms with E-state index in [-0.39, 0.29) is 25.7 Å². The molecular weight excluding hydrogens is 469 g/mol. The minimum Gasteiger partial charge on any atom is -0.497 e. The maximum absolute atomic E-state index is 12.0. The lowest BCUT2D eigenvalue weighted by molar-refractivity contribution is -0.123. The molecule has 0 radical (unpaired) electrons. The smallest absolute Gasteiger partial charge is 0.258 e. The van der Waals surface area contributed by atoms with Gasteiger partial charge < -0.3 is 19.5 Å². The number of fused-ring (bicyclic) bond motifs is 1. The van der Waals surface area contributed by atoms with E-state index in [9.17, 15) is 4.79 Å². The lowest BCUT2D eigenvalue weighted by Crippen LogP contribution is -2.32. The highest BCUT2D eigenvalue weighted by Crippen LogP contribution is 2.27. The topological polar surface area (TPSA) is 99.9 Å². The molecule has 0 bridgehead atoms. The van der Waals surface area contributed by atoms with E-state index < -0.39 is 0 Å². The van der Waals surface area contributed by atoms with Crippen molar-refractivity contribution < 1.29 is 19.0 Å². The van der Waals surface area contributed by atoms with E-state index in [1.807, 2.05) is 24.3 Å². The fourth-order valence-electron chi connectivity index (χ4n) is 2.90. The van der Waals surface area contributed by atoms with Crippen LogP contribution in [0.3, 0.4) is 0 Å². The Morgan fingerprint density at radius 2 is 1.85 bits per heavy atom. The Labute approximate surface area is 199 Å². The molecule has 2 heterocycles. The highest BCUT2D eigenvalue weighted by atomic mass is 35.5. The Kier molecular flexibility index (Phi) is 7.11. The van der Waals surface area contributed by atoms with E-state index in [1.54, 1.807) is 42.0 Å². The number of amides is 1. The molecule has 0 saturated heterocycles. The summed E-state index contributed by atoms with van der Waals surface area (Å²) in [5.41, 5.74) is 1.42. The van der Waals surface area contributed by atoms with Crippen LogP contribution in [0.2, 0.25) is 10.0 Å². The van der Waals surface area contributed by atoms with Gasteiger partial charge in [-0.1, -0.05) is 23.2 Å². The number of ether oxygens (including phenoxy) is 3. The average Bonchev–Trinajstić information content (AvgIpc) is 3.24. The SMILES string of the molecule is COc1ccc(-c2nnc3ccc(OCCNC(=O)COc4ccc(Cl)cc4Cl)nn23)cc1. The van der Waals surface area contributed by atoms with E-state index in [0.717, 1.165) is 11.3 Å². The zero-order valence-electron chi connectivity index (χ0n) is 17.5. The van der Waals surface area contributed by atoms with Crippen LogP contribution in [-0.4, -0.2) is 52.6 Å². The standard InChI is InChI=1S/C22H19Cl2N5O4/c1-31-16-5-2-14(3-6-16)22-27-26-19-8-9-21(28-29(19)22)32-11-10-25-20(30)13-33-18-7-4-15(23)12-17(18)24/h2-9,12H,10-11,13H2,1H3,(H,25,30). The molecule has 0 spiro atoms. The molecule has 170 valence electrons. The molecule has 2 aromatic carbocycles. The van der Waals surface area contributed by atoms with Crippen LogP contribution >= 0.6 is 23.2 Å². The molecule has 4 aromatic rings. The van der Waals surface area contributed by atoms with Crippen molar-refractivity contribution in [2.45, 2.75) is 0 Å². The van der Waals surface area contributed by atoms with Gasteiger partial charge in [-0.15, -0.1) is 15.3 Å². The van der Waals surface area contributed by atoms with Crippen molar-refractivity contribution in [3.05, 3.63) is 64.6 Å². The lowest BCUT2D eigenvalue weighted by atomic mass is 10.2. The zero-order valence-corrected chi connectivity index (χ0v) is 19.0. The summed E-state index contributed by atoms with van der Waals surface area (Å²) in [7, 11) is 1.61. The van der Waals surface area contributed by atoms with E-state index in [4.69, 9.17) is 37.4 Å². The molecule has 1 N–H and O–H groups in total. The molecule has 0 saturated carbocycles. The summed E-state index contributed by atoms with van der Waals surface area (Å²) >= 11 is 11.9. The van der Waals surface area contributed by atoms with Crippen molar-refractivity contribution in [1.29, 1.82) is 0 Å². The van der Waals surface area contributed by atoms with Crippen LogP contribution in [0, 0.1) is 0 Å². The molecule has 11 heteroatoms. The maximum atomic E-state index is 12.0. The van der Waals surface area contributed by atoms with Gasteiger partial charge in [0.1, 0.15) is 18.1 Å². The molecule has 0 aliphatic rings. The Morgan fingerprint density at radius 3 is 2.61 bits per heavy atom. The lowest BCUT2D eigenvalue weighted by Gasteiger charge is -2.10. The Morgan fingerprint density at radius 1 is 1.03 bits per heavy atom. The van der Waals surface area contributed by atoms with Crippen LogP contribution in [0.1, 0.15) is 0 Å². The number of methoxy groups -OCH3 is 1. The van der Waals surface area contributed by atoms with Crippen LogP contribution in [0.25, 0.3) is 17.0 Å². The molecule has 0 fully saturated rings. The monoisotopic (exact) mass is 487 g/mol. The number of carbonyl (C=O) groups is 1. The van der Waals surface area contributed by atoms with Crippen LogP contribution in [0.4, 0.5) is 0 Å². The van der Waals surface area contributed by atoms with Crippen LogP contribution < -0.4 is 19.5 Å². The quantitative estimate of drug-likeness (QED) is 0.359. The van der Waals surface area contributed by atoms with Crippen molar-refractivity contribution >= 4 is 34.8 Å². The van der Waals surface area contributed by atoms with Gasteiger partial charge in [-0.25, -0.2) is 0 Å². The summed E-state index contributed by atoms with van der Waals surface area (Å²) in [6.45, 7) is 0.299. The third-order valence-electron chi connectivity index (χ3n) is 4.51. The summed E-state index contributed by atoms with van der Waals surface area (Å²) in [6.07, 6.45) is 0. The largest absolute Gasteiger partial charge is 0.497 e. The summed E-state index contributed by atoms with van der Waals surface area (Å²) in [5, 5.41) is 16.3. The van der Waals surface area contributed by atoms with Gasteiger partial charge in [0.05, 0.1) is 18.7 Å². The second kappa shape index (κ2) is 10.4. The van der Waals surface area contributed by atoms with E-state index in [2.05, 4.69) is 20.6 Å². The third-order valence-corrected chi connectivity index (χ3v) is 5.04. The summed E-state index contributed by atoms with van der Waals surface area (Å²) in [6, 6.07) is 15.7. The van der Waals surface area contributed by atoms with Crippen LogP contribution in [0.15, 0.2) is 54.6 Å². The number of hydrogen-bond donors (Lipinski definition) is 1. The van der Waals surface area contributed by atoms with Crippen molar-refractivity contribution in [2.75, 3.05) is 26.9 Å². The minimum absolute atomic E-state index is 0.183. The average molecular weight is 488 g/mol. The van der Waals surface area contributed by atoms with Gasteiger partial charge in [0, 0.05) is 16.7 Å². The molecule has 0 atom stereocenters. The van der Waals surface area contributed by atoms with E-state index in [1.165, 1.54) is 0 Å². The molecule has 33 heavy (non-hydrogen) atoms. The normalized spacial score (nSPS) is 10.8. The first-order chi connectivity index (χ1) is 16.0. The molecule has 0 aliphatic heterocycles. The Balaban J connectivity index is 1.29. The number of carbonyl (C=O) groups excluding carboxylic acids is 1. The van der Waals surface area contributed by atoms with Gasteiger partial charge in [-0.05, 0) is 48.5 Å². The van der Waals surface area contributed by atoms with Gasteiger partial charge in [-0.3, -0.25) is 4.79 Å². The van der Waals surface area contributed by atoms with Crippen molar-refractivity contribution in [3.63, 3.8) is 0 Å². The van der Waals surface area contributed by atoms with Crippen molar-refractivity contribution in [3.8, 4) is 28.8 Å². The van der Waals surface area contributed by atoms with Gasteiger partial charge in [-0.2, -0.15) is 4.52 Å². The van der Waals surface area contributed by atoms with E-state index in [0.29, 0.717) is 33.1 Å². The number of nitrogens with one attached hydrogen (secondary N) is 1. The molecular formula is C22H19Cl2N5O4. The zero-order chi connectivity index (χ0) is 23.2. The second-order valence-corrected chi connectivity index (χ2v) is 7.60. The number of halogens is 2. The first kappa shape index (κ1) is 22.6. The molecule has 2 aromatic heterocycles. The van der Waals surface area contributed by atoms with E-state index >= 15 is 0 Å². The van der Waals surface area contributed by atoms with Crippen LogP contribution in [-0.2, 0) is 4.79 Å². The summed E-state index contributed by atoms with van der Waals surface area (Å²) in [5.74, 6) is 1.76. The molecule has 9 nitrogen and oxygen atoms in total. The molecule has 0 unspecified atom stereocenters. The number of aromatic nitrogens is 4. The van der Waals surface area contributed by atoms with Gasteiger partial charge in [0.25, 0.3) is 5.91 Å². The minimum atomic E-state index is -0.311. The fraction of sp³-hybridized carbons (Fsp3) is 0.182. The third kappa shape index (κ3) is 5.63. The first-order valence-corrected chi connectivity index (χ1v) is 10.6. The van der Waals surface area contributed by atoms with Crippen molar-refractivity contribution in [2.24, 2.45) is 0 Å². The number of hydrogen-bond acceptors (Lipinski definition) is 7. The highest BCUT2D eigenvalue weighted by molar-refractivity contribution is 6.35. The molecule has 0 aliphatic carbocycles. The van der Waals surface area contributed by atoms with Gasteiger partial charge in [0.15, 0.2) is 18.1 Å². The maximum Gasteiger partial charge on any atom is 0.258 e. The molecule has 4 rings (SSSR count). The van der Waals surface area contributed by atoms with Crippen LogP contribution in [0.5, 0.6) is 17.4 Å². The number of rotatable bonds is 9. The van der Waals surface area contributed by atoms with Gasteiger partial charge >= 0.3 is 0 Å². The summed E-state index contributed by atoms with van der Waals surface area (Å²) < 4.78 is 17.8. The predicted molar refractivity (Wildman–Crippen MR) is 123 cm³/mol. The predicted octanol–water partition coefficient (Wildman–Crippen LogP) is 3.68. The second-order valence-electron chi connectivity index (χ2n) is 6.76. The molecule has 1 amide bonds. The number of nitrogens with zero attached hydrogens (tertiary/aromatic N) is 4. The highest BCUT2D eigenvalue weighted by Gasteiger charge is 2.11.